The molecule has 2 unspecified atom stereocenters. The number of rotatable bonds is 7. The van der Waals surface area contributed by atoms with E-state index in [9.17, 15) is 18.0 Å². The quantitative estimate of drug-likeness (QED) is 0.647. The first-order valence-corrected chi connectivity index (χ1v) is 12.9. The number of sulfonamides is 1. The number of nitrogens with zero attached hydrogens (tertiary/aromatic N) is 1. The Bertz CT molecular complexity index is 1130. The summed E-state index contributed by atoms with van der Waals surface area (Å²) in [5.74, 6) is 0.416. The van der Waals surface area contributed by atoms with E-state index in [1.807, 2.05) is 24.3 Å². The zero-order valence-corrected chi connectivity index (χ0v) is 19.9. The summed E-state index contributed by atoms with van der Waals surface area (Å²) < 4.78 is 27.9. The maximum atomic E-state index is 13.2. The number of piperidine rings is 1. The Morgan fingerprint density at radius 3 is 2.39 bits per heavy atom. The van der Waals surface area contributed by atoms with Gasteiger partial charge in [0.2, 0.25) is 15.9 Å². The highest BCUT2D eigenvalue weighted by Gasteiger charge is 2.32. The summed E-state index contributed by atoms with van der Waals surface area (Å²) in [7, 11) is -3.66. The molecule has 0 aromatic heterocycles. The van der Waals surface area contributed by atoms with Gasteiger partial charge in [-0.15, -0.1) is 0 Å². The lowest BCUT2D eigenvalue weighted by Gasteiger charge is -2.34. The minimum Gasteiger partial charge on any atom is -0.348 e. The van der Waals surface area contributed by atoms with Crippen LogP contribution in [0, 0.1) is 17.8 Å². The van der Waals surface area contributed by atoms with Crippen molar-refractivity contribution in [2.75, 3.05) is 18.4 Å². The van der Waals surface area contributed by atoms with Crippen LogP contribution in [0.2, 0.25) is 0 Å². The summed E-state index contributed by atoms with van der Waals surface area (Å²) in [5.41, 5.74) is 1.85. The molecule has 2 atom stereocenters. The fraction of sp³-hybridized carbons (Fsp3) is 0.440. The Balaban J connectivity index is 1.41. The van der Waals surface area contributed by atoms with Crippen molar-refractivity contribution in [1.82, 2.24) is 9.62 Å². The van der Waals surface area contributed by atoms with Crippen LogP contribution in [-0.4, -0.2) is 37.6 Å². The lowest BCUT2D eigenvalue weighted by atomic mass is 9.94. The van der Waals surface area contributed by atoms with Gasteiger partial charge >= 0.3 is 0 Å². The van der Waals surface area contributed by atoms with Gasteiger partial charge in [0.05, 0.1) is 4.90 Å². The molecule has 0 bridgehead atoms. The largest absolute Gasteiger partial charge is 0.348 e. The van der Waals surface area contributed by atoms with E-state index in [4.69, 9.17) is 0 Å². The van der Waals surface area contributed by atoms with Crippen molar-refractivity contribution in [3.05, 3.63) is 59.7 Å². The number of nitrogens with one attached hydrogen (secondary N) is 2. The molecular weight excluding hydrogens is 438 g/mol. The lowest BCUT2D eigenvalue weighted by molar-refractivity contribution is -0.117. The Morgan fingerprint density at radius 2 is 1.70 bits per heavy atom. The summed E-state index contributed by atoms with van der Waals surface area (Å²) in [5, 5.41) is 5.75. The molecule has 33 heavy (non-hydrogen) atoms. The zero-order valence-electron chi connectivity index (χ0n) is 19.1. The van der Waals surface area contributed by atoms with E-state index in [1.54, 1.807) is 18.2 Å². The van der Waals surface area contributed by atoms with E-state index in [1.165, 1.54) is 10.4 Å². The fourth-order valence-corrected chi connectivity index (χ4v) is 6.11. The van der Waals surface area contributed by atoms with Crippen molar-refractivity contribution in [1.29, 1.82) is 0 Å². The Labute approximate surface area is 195 Å². The molecule has 176 valence electrons. The molecule has 1 aliphatic heterocycles. The summed E-state index contributed by atoms with van der Waals surface area (Å²) in [6, 6.07) is 13.6. The molecule has 0 spiro atoms. The summed E-state index contributed by atoms with van der Waals surface area (Å²) in [4.78, 5) is 24.9. The van der Waals surface area contributed by atoms with Crippen LogP contribution in [0.25, 0.3) is 0 Å². The Morgan fingerprint density at radius 1 is 1.00 bits per heavy atom. The number of hydrogen-bond acceptors (Lipinski definition) is 4. The maximum absolute atomic E-state index is 13.2. The van der Waals surface area contributed by atoms with Crippen molar-refractivity contribution in [2.45, 2.75) is 44.6 Å². The predicted molar refractivity (Wildman–Crippen MR) is 127 cm³/mol. The maximum Gasteiger partial charge on any atom is 0.251 e. The van der Waals surface area contributed by atoms with Gasteiger partial charge in [0, 0.05) is 36.8 Å². The molecular formula is C25H31N3O4S. The first-order valence-electron chi connectivity index (χ1n) is 11.5. The van der Waals surface area contributed by atoms with Crippen LogP contribution in [0.1, 0.15) is 49.0 Å². The molecule has 2 N–H and O–H groups in total. The van der Waals surface area contributed by atoms with Crippen molar-refractivity contribution in [3.8, 4) is 0 Å². The molecule has 2 aromatic rings. The molecule has 1 aliphatic carbocycles. The van der Waals surface area contributed by atoms with Crippen LogP contribution in [0.3, 0.4) is 0 Å². The number of benzene rings is 2. The van der Waals surface area contributed by atoms with Gasteiger partial charge in [-0.05, 0) is 67.0 Å². The number of carbonyl (C=O) groups is 2. The minimum absolute atomic E-state index is 0.0340. The van der Waals surface area contributed by atoms with E-state index >= 15 is 0 Å². The highest BCUT2D eigenvalue weighted by molar-refractivity contribution is 7.89. The number of amides is 2. The van der Waals surface area contributed by atoms with Crippen molar-refractivity contribution < 1.29 is 18.0 Å². The predicted octanol–water partition coefficient (Wildman–Crippen LogP) is 3.63. The van der Waals surface area contributed by atoms with Crippen LogP contribution >= 0.6 is 0 Å². The van der Waals surface area contributed by atoms with Gasteiger partial charge < -0.3 is 10.6 Å². The number of anilines is 1. The highest BCUT2D eigenvalue weighted by Crippen LogP contribution is 2.30. The molecule has 1 heterocycles. The molecule has 1 saturated carbocycles. The van der Waals surface area contributed by atoms with E-state index in [-0.39, 0.29) is 29.2 Å². The van der Waals surface area contributed by atoms with Gasteiger partial charge in [-0.3, -0.25) is 9.59 Å². The van der Waals surface area contributed by atoms with E-state index < -0.39 is 10.0 Å². The van der Waals surface area contributed by atoms with Crippen LogP contribution in [-0.2, 0) is 21.4 Å². The number of carbonyl (C=O) groups excluding carboxylic acids is 2. The van der Waals surface area contributed by atoms with Gasteiger partial charge in [0.1, 0.15) is 0 Å². The molecule has 8 heteroatoms. The van der Waals surface area contributed by atoms with Gasteiger partial charge in [-0.2, -0.15) is 4.31 Å². The van der Waals surface area contributed by atoms with Gasteiger partial charge in [0.15, 0.2) is 0 Å². The standard InChI is InChI=1S/C25H31N3O4S/c1-17-11-18(2)16-28(15-17)33(31,32)23-8-4-6-21(13-23)24(29)26-14-19-5-3-7-22(12-19)27-25(30)20-9-10-20/h3-8,12-13,17-18,20H,9-11,14-16H2,1-2H3,(H,26,29)(H,27,30). The molecule has 4 rings (SSSR count). The van der Waals surface area contributed by atoms with Crippen LogP contribution in [0.4, 0.5) is 5.69 Å². The molecule has 7 nitrogen and oxygen atoms in total. The third-order valence-electron chi connectivity index (χ3n) is 6.17. The van der Waals surface area contributed by atoms with E-state index in [0.29, 0.717) is 36.2 Å². The number of hydrogen-bond donors (Lipinski definition) is 2. The van der Waals surface area contributed by atoms with Crippen LogP contribution in [0.5, 0.6) is 0 Å². The van der Waals surface area contributed by atoms with Gasteiger partial charge in [-0.25, -0.2) is 8.42 Å². The van der Waals surface area contributed by atoms with E-state index in [2.05, 4.69) is 24.5 Å². The topological polar surface area (TPSA) is 95.6 Å². The van der Waals surface area contributed by atoms with Crippen LogP contribution in [0.15, 0.2) is 53.4 Å². The Hall–Kier alpha value is -2.71. The fourth-order valence-electron chi connectivity index (χ4n) is 4.38. The average molecular weight is 470 g/mol. The zero-order chi connectivity index (χ0) is 23.6. The molecule has 0 radical (unpaired) electrons. The molecule has 2 fully saturated rings. The van der Waals surface area contributed by atoms with Gasteiger partial charge in [-0.1, -0.05) is 32.0 Å². The summed E-state index contributed by atoms with van der Waals surface area (Å²) >= 11 is 0. The Kier molecular flexibility index (Phi) is 6.86. The molecule has 2 aliphatic rings. The summed E-state index contributed by atoms with van der Waals surface area (Å²) in [6.45, 7) is 5.39. The average Bonchev–Trinajstić information content (AvgIpc) is 3.63. The third kappa shape index (κ3) is 5.81. The summed E-state index contributed by atoms with van der Waals surface area (Å²) in [6.07, 6.45) is 2.89. The van der Waals surface area contributed by atoms with Gasteiger partial charge in [0.25, 0.3) is 5.91 Å². The highest BCUT2D eigenvalue weighted by atomic mass is 32.2. The monoisotopic (exact) mass is 469 g/mol. The third-order valence-corrected chi connectivity index (χ3v) is 7.99. The first kappa shape index (κ1) is 23.4. The molecule has 1 saturated heterocycles. The normalized spacial score (nSPS) is 21.4. The lowest BCUT2D eigenvalue weighted by Crippen LogP contribution is -2.42. The first-order chi connectivity index (χ1) is 15.7. The molecule has 2 aromatic carbocycles. The van der Waals surface area contributed by atoms with E-state index in [0.717, 1.165) is 24.8 Å². The van der Waals surface area contributed by atoms with Crippen molar-refractivity contribution >= 4 is 27.5 Å². The second-order valence-corrected chi connectivity index (χ2v) is 11.4. The second kappa shape index (κ2) is 9.65. The van der Waals surface area contributed by atoms with Crippen LogP contribution < -0.4 is 10.6 Å². The SMILES string of the molecule is CC1CC(C)CN(S(=O)(=O)c2cccc(C(=O)NCc3cccc(NC(=O)C4CC4)c3)c2)C1. The molecule has 2 amide bonds. The minimum atomic E-state index is -3.66. The van der Waals surface area contributed by atoms with Crippen molar-refractivity contribution in [2.24, 2.45) is 17.8 Å². The van der Waals surface area contributed by atoms with Crippen molar-refractivity contribution in [3.63, 3.8) is 0 Å². The second-order valence-electron chi connectivity index (χ2n) is 9.44. The smallest absolute Gasteiger partial charge is 0.251 e.